The number of halogens is 1. The molecule has 0 radical (unpaired) electrons. The fourth-order valence-corrected chi connectivity index (χ4v) is 4.69. The van der Waals surface area contributed by atoms with E-state index < -0.39 is 0 Å². The highest BCUT2D eigenvalue weighted by Crippen LogP contribution is 2.30. The summed E-state index contributed by atoms with van der Waals surface area (Å²) in [5, 5.41) is 3.25. The van der Waals surface area contributed by atoms with Gasteiger partial charge in [-0.2, -0.15) is 0 Å². The van der Waals surface area contributed by atoms with E-state index in [0.717, 1.165) is 56.2 Å². The highest BCUT2D eigenvalue weighted by Gasteiger charge is 2.29. The summed E-state index contributed by atoms with van der Waals surface area (Å²) in [4.78, 5) is 28.7. The van der Waals surface area contributed by atoms with Gasteiger partial charge in [-0.1, -0.05) is 12.1 Å². The van der Waals surface area contributed by atoms with Crippen LogP contribution in [0.2, 0.25) is 0 Å². The summed E-state index contributed by atoms with van der Waals surface area (Å²) in [6.07, 6.45) is 3.23. The maximum absolute atomic E-state index is 14.0. The van der Waals surface area contributed by atoms with Crippen molar-refractivity contribution >= 4 is 17.4 Å². The lowest BCUT2D eigenvalue weighted by atomic mass is 9.96. The molecule has 1 atom stereocenters. The monoisotopic (exact) mass is 440 g/mol. The Bertz CT molecular complexity index is 968. The molecule has 2 aliphatic heterocycles. The highest BCUT2D eigenvalue weighted by atomic mass is 19.1. The van der Waals surface area contributed by atoms with E-state index in [1.165, 1.54) is 11.6 Å². The van der Waals surface area contributed by atoms with Gasteiger partial charge in [0.05, 0.1) is 11.4 Å². The average Bonchev–Trinajstić information content (AvgIpc) is 2.81. The number of rotatable bonds is 6. The molecule has 0 bridgehead atoms. The number of fused-ring (bicyclic) bond motifs is 1. The van der Waals surface area contributed by atoms with E-state index in [1.54, 1.807) is 17.0 Å². The van der Waals surface area contributed by atoms with Crippen LogP contribution in [0.5, 0.6) is 0 Å². The fraction of sp³-hybridized carbons (Fsp3) is 0.542. The molecule has 1 N–H and O–H groups in total. The number of aromatic nitrogens is 2. The summed E-state index contributed by atoms with van der Waals surface area (Å²) in [5.41, 5.74) is 2.83. The van der Waals surface area contributed by atoms with Crippen LogP contribution in [0.15, 0.2) is 24.3 Å². The molecular formula is C24H33FN6O. The number of amides is 1. The number of carbonyl (C=O) groups is 1. The van der Waals surface area contributed by atoms with E-state index in [1.807, 2.05) is 25.1 Å². The Balaban J connectivity index is 1.41. The number of hydrogen-bond donors (Lipinski definition) is 1. The van der Waals surface area contributed by atoms with E-state index in [-0.39, 0.29) is 17.6 Å². The summed E-state index contributed by atoms with van der Waals surface area (Å²) < 4.78 is 14.0. The molecular weight excluding hydrogens is 407 g/mol. The first-order chi connectivity index (χ1) is 15.5. The van der Waals surface area contributed by atoms with Crippen molar-refractivity contribution in [3.8, 4) is 0 Å². The van der Waals surface area contributed by atoms with Crippen LogP contribution in [0.25, 0.3) is 0 Å². The van der Waals surface area contributed by atoms with Crippen molar-refractivity contribution in [1.82, 2.24) is 19.8 Å². The molecule has 1 fully saturated rings. The van der Waals surface area contributed by atoms with Gasteiger partial charge in [0.15, 0.2) is 0 Å². The molecule has 1 unspecified atom stereocenters. The van der Waals surface area contributed by atoms with Crippen LogP contribution in [0, 0.1) is 5.82 Å². The predicted molar refractivity (Wildman–Crippen MR) is 124 cm³/mol. The van der Waals surface area contributed by atoms with Crippen molar-refractivity contribution in [2.75, 3.05) is 57.5 Å². The molecule has 1 aromatic carbocycles. The Morgan fingerprint density at radius 1 is 1.28 bits per heavy atom. The van der Waals surface area contributed by atoms with Gasteiger partial charge in [-0.3, -0.25) is 4.79 Å². The second-order valence-corrected chi connectivity index (χ2v) is 8.90. The number of hydrogen-bond acceptors (Lipinski definition) is 6. The first-order valence-corrected chi connectivity index (χ1v) is 11.5. The van der Waals surface area contributed by atoms with Crippen LogP contribution in [-0.2, 0) is 17.8 Å². The molecule has 8 heteroatoms. The third kappa shape index (κ3) is 4.85. The minimum atomic E-state index is -0.268. The molecule has 1 amide bonds. The van der Waals surface area contributed by atoms with Crippen molar-refractivity contribution in [1.29, 1.82) is 0 Å². The van der Waals surface area contributed by atoms with Crippen LogP contribution in [0.4, 0.5) is 15.9 Å². The van der Waals surface area contributed by atoms with E-state index >= 15 is 0 Å². The SMILES string of the molecule is CNc1nc(C2CCCN(C(=O)CCN(C)c3ccccc3F)C2)nc2c1CCN(C)C2. The van der Waals surface area contributed by atoms with Gasteiger partial charge in [0, 0.05) is 64.7 Å². The normalized spacial score (nSPS) is 18.9. The summed E-state index contributed by atoms with van der Waals surface area (Å²) >= 11 is 0. The Kier molecular flexibility index (Phi) is 6.89. The van der Waals surface area contributed by atoms with Gasteiger partial charge in [0.25, 0.3) is 0 Å². The molecule has 0 spiro atoms. The third-order valence-corrected chi connectivity index (χ3v) is 6.57. The summed E-state index contributed by atoms with van der Waals surface area (Å²) in [5.74, 6) is 1.74. The van der Waals surface area contributed by atoms with Gasteiger partial charge in [-0.25, -0.2) is 14.4 Å². The number of nitrogens with one attached hydrogen (secondary N) is 1. The van der Waals surface area contributed by atoms with Crippen molar-refractivity contribution in [2.45, 2.75) is 38.1 Å². The number of likely N-dealkylation sites (tertiary alicyclic amines) is 1. The zero-order valence-corrected chi connectivity index (χ0v) is 19.3. The Hall–Kier alpha value is -2.74. The molecule has 7 nitrogen and oxygen atoms in total. The molecule has 3 heterocycles. The van der Waals surface area contributed by atoms with Crippen molar-refractivity contribution in [2.24, 2.45) is 0 Å². The smallest absolute Gasteiger partial charge is 0.224 e. The lowest BCUT2D eigenvalue weighted by molar-refractivity contribution is -0.132. The van der Waals surface area contributed by atoms with Crippen molar-refractivity contribution < 1.29 is 9.18 Å². The van der Waals surface area contributed by atoms with Crippen LogP contribution >= 0.6 is 0 Å². The molecule has 1 saturated heterocycles. The Morgan fingerprint density at radius 3 is 2.88 bits per heavy atom. The van der Waals surface area contributed by atoms with Gasteiger partial charge in [0.2, 0.25) is 5.91 Å². The van der Waals surface area contributed by atoms with Gasteiger partial charge >= 0.3 is 0 Å². The van der Waals surface area contributed by atoms with Crippen molar-refractivity contribution in [3.63, 3.8) is 0 Å². The number of likely N-dealkylation sites (N-methyl/N-ethyl adjacent to an activating group) is 1. The summed E-state index contributed by atoms with van der Waals surface area (Å²) in [7, 11) is 5.85. The maximum Gasteiger partial charge on any atom is 0.224 e. The zero-order valence-electron chi connectivity index (χ0n) is 19.3. The second kappa shape index (κ2) is 9.81. The van der Waals surface area contributed by atoms with E-state index in [0.29, 0.717) is 25.2 Å². The van der Waals surface area contributed by atoms with Crippen molar-refractivity contribution in [3.05, 3.63) is 47.2 Å². The van der Waals surface area contributed by atoms with E-state index in [9.17, 15) is 9.18 Å². The molecule has 4 rings (SSSR count). The summed E-state index contributed by atoms with van der Waals surface area (Å²) in [6, 6.07) is 6.66. The van der Waals surface area contributed by atoms with Crippen LogP contribution in [0.1, 0.15) is 42.3 Å². The number of piperidine rings is 1. The summed E-state index contributed by atoms with van der Waals surface area (Å²) in [6.45, 7) is 3.71. The first-order valence-electron chi connectivity index (χ1n) is 11.5. The zero-order chi connectivity index (χ0) is 22.7. The van der Waals surface area contributed by atoms with Gasteiger partial charge in [-0.15, -0.1) is 0 Å². The van der Waals surface area contributed by atoms with Gasteiger partial charge in [0.1, 0.15) is 17.5 Å². The highest BCUT2D eigenvalue weighted by molar-refractivity contribution is 5.77. The Labute approximate surface area is 189 Å². The quantitative estimate of drug-likeness (QED) is 0.745. The lowest BCUT2D eigenvalue weighted by Gasteiger charge is -2.33. The number of anilines is 2. The largest absolute Gasteiger partial charge is 0.373 e. The maximum atomic E-state index is 14.0. The molecule has 0 aliphatic carbocycles. The molecule has 2 aromatic rings. The van der Waals surface area contributed by atoms with Crippen LogP contribution in [0.3, 0.4) is 0 Å². The predicted octanol–water partition coefficient (Wildman–Crippen LogP) is 2.88. The molecule has 2 aliphatic rings. The number of carbonyl (C=O) groups excluding carboxylic acids is 1. The lowest BCUT2D eigenvalue weighted by Crippen LogP contribution is -2.41. The molecule has 0 saturated carbocycles. The van der Waals surface area contributed by atoms with E-state index in [2.05, 4.69) is 17.3 Å². The second-order valence-electron chi connectivity index (χ2n) is 8.90. The topological polar surface area (TPSA) is 64.6 Å². The van der Waals surface area contributed by atoms with Crippen LogP contribution in [-0.4, -0.2) is 73.0 Å². The third-order valence-electron chi connectivity index (χ3n) is 6.57. The Morgan fingerprint density at radius 2 is 2.09 bits per heavy atom. The van der Waals surface area contributed by atoms with E-state index in [4.69, 9.17) is 9.97 Å². The molecule has 172 valence electrons. The van der Waals surface area contributed by atoms with Gasteiger partial charge in [-0.05, 0) is 38.4 Å². The van der Waals surface area contributed by atoms with Gasteiger partial charge < -0.3 is 20.0 Å². The number of benzene rings is 1. The van der Waals surface area contributed by atoms with Crippen LogP contribution < -0.4 is 10.2 Å². The minimum absolute atomic E-state index is 0.101. The minimum Gasteiger partial charge on any atom is -0.373 e. The fourth-order valence-electron chi connectivity index (χ4n) is 4.69. The molecule has 32 heavy (non-hydrogen) atoms. The average molecular weight is 441 g/mol. The first kappa shape index (κ1) is 22.5. The standard InChI is InChI=1S/C24H33FN6O/c1-26-24-18-10-13-29(2)16-20(18)27-23(28-24)17-7-6-12-31(15-17)22(32)11-14-30(3)21-9-5-4-8-19(21)25/h4-5,8-9,17H,6-7,10-16H2,1-3H3,(H,26,27,28). The number of para-hydroxylation sites is 1. The number of nitrogens with zero attached hydrogens (tertiary/aromatic N) is 5. The molecule has 1 aromatic heterocycles.